The van der Waals surface area contributed by atoms with Crippen LogP contribution in [-0.2, 0) is 11.3 Å². The fourth-order valence-electron chi connectivity index (χ4n) is 4.09. The molecule has 2 aliphatic rings. The van der Waals surface area contributed by atoms with Crippen LogP contribution in [0, 0.1) is 6.92 Å². The maximum atomic E-state index is 11.3. The van der Waals surface area contributed by atoms with E-state index in [0.29, 0.717) is 18.6 Å². The van der Waals surface area contributed by atoms with Crippen molar-refractivity contribution in [1.29, 1.82) is 0 Å². The Kier molecular flexibility index (Phi) is 5.26. The maximum absolute atomic E-state index is 11.3. The largest absolute Gasteiger partial charge is 0.352 e. The van der Waals surface area contributed by atoms with Gasteiger partial charge >= 0.3 is 0 Å². The Morgan fingerprint density at radius 3 is 2.78 bits per heavy atom. The van der Waals surface area contributed by atoms with Gasteiger partial charge in [0.1, 0.15) is 5.82 Å². The van der Waals surface area contributed by atoms with E-state index in [1.165, 1.54) is 51.5 Å². The third-order valence-electron chi connectivity index (χ3n) is 5.20. The Morgan fingerprint density at radius 2 is 2.04 bits per heavy atom. The van der Waals surface area contributed by atoms with Crippen LogP contribution >= 0.6 is 0 Å². The van der Waals surface area contributed by atoms with E-state index in [1.807, 2.05) is 13.1 Å². The van der Waals surface area contributed by atoms with Gasteiger partial charge in [0.25, 0.3) is 0 Å². The molecule has 23 heavy (non-hydrogen) atoms. The average molecular weight is 316 g/mol. The highest BCUT2D eigenvalue weighted by Crippen LogP contribution is 2.37. The van der Waals surface area contributed by atoms with Crippen LogP contribution in [0.25, 0.3) is 0 Å². The van der Waals surface area contributed by atoms with Gasteiger partial charge in [0.15, 0.2) is 0 Å². The molecule has 126 valence electrons. The number of aryl methyl sites for hydroxylation is 1. The van der Waals surface area contributed by atoms with Crippen molar-refractivity contribution >= 4 is 5.91 Å². The molecule has 1 N–H and O–H groups in total. The van der Waals surface area contributed by atoms with Gasteiger partial charge in [-0.2, -0.15) is 0 Å². The zero-order chi connectivity index (χ0) is 16.2. The van der Waals surface area contributed by atoms with Crippen molar-refractivity contribution < 1.29 is 4.79 Å². The van der Waals surface area contributed by atoms with Crippen molar-refractivity contribution in [2.45, 2.75) is 77.4 Å². The number of rotatable bonds is 4. The lowest BCUT2D eigenvalue weighted by atomic mass is 9.93. The number of aromatic nitrogens is 2. The minimum absolute atomic E-state index is 0.00733. The third kappa shape index (κ3) is 3.89. The monoisotopic (exact) mass is 316 g/mol. The molecule has 5 heteroatoms. The predicted molar refractivity (Wildman–Crippen MR) is 89.8 cm³/mol. The summed E-state index contributed by atoms with van der Waals surface area (Å²) in [5.41, 5.74) is 2.20. The molecule has 0 radical (unpaired) electrons. The summed E-state index contributed by atoms with van der Waals surface area (Å²) in [4.78, 5) is 23.1. The van der Waals surface area contributed by atoms with Crippen molar-refractivity contribution in [3.8, 4) is 0 Å². The summed E-state index contributed by atoms with van der Waals surface area (Å²) in [6, 6.07) is 1.10. The van der Waals surface area contributed by atoms with Gasteiger partial charge in [-0.25, -0.2) is 9.97 Å². The topological polar surface area (TPSA) is 58.1 Å². The number of hydrogen-bond donors (Lipinski definition) is 1. The summed E-state index contributed by atoms with van der Waals surface area (Å²) in [6.45, 7) is 5.21. The van der Waals surface area contributed by atoms with Gasteiger partial charge in [-0.3, -0.25) is 9.69 Å². The Morgan fingerprint density at radius 1 is 1.26 bits per heavy atom. The van der Waals surface area contributed by atoms with Crippen LogP contribution < -0.4 is 5.32 Å². The summed E-state index contributed by atoms with van der Waals surface area (Å²) in [5, 5.41) is 2.90. The van der Waals surface area contributed by atoms with Gasteiger partial charge in [0, 0.05) is 31.3 Å². The molecule has 0 aromatic carbocycles. The number of carbonyl (C=O) groups excluding carboxylic acids is 1. The summed E-state index contributed by atoms with van der Waals surface area (Å²) in [7, 11) is 0. The van der Waals surface area contributed by atoms with Gasteiger partial charge in [-0.1, -0.05) is 19.3 Å². The zero-order valence-corrected chi connectivity index (χ0v) is 14.3. The van der Waals surface area contributed by atoms with E-state index in [-0.39, 0.29) is 5.91 Å². The Hall–Kier alpha value is -1.49. The van der Waals surface area contributed by atoms with Gasteiger partial charge in [0.2, 0.25) is 5.91 Å². The van der Waals surface area contributed by atoms with E-state index in [4.69, 9.17) is 4.98 Å². The van der Waals surface area contributed by atoms with E-state index in [1.54, 1.807) is 6.92 Å². The summed E-state index contributed by atoms with van der Waals surface area (Å²) >= 11 is 0. The molecule has 5 nitrogen and oxygen atoms in total. The van der Waals surface area contributed by atoms with E-state index >= 15 is 0 Å². The van der Waals surface area contributed by atoms with Crippen LogP contribution in [0.15, 0.2) is 6.20 Å². The van der Waals surface area contributed by atoms with Crippen molar-refractivity contribution in [3.05, 3.63) is 23.3 Å². The Labute approximate surface area is 138 Å². The van der Waals surface area contributed by atoms with E-state index in [9.17, 15) is 4.79 Å². The van der Waals surface area contributed by atoms with Gasteiger partial charge in [-0.15, -0.1) is 0 Å². The maximum Gasteiger partial charge on any atom is 0.217 e. The van der Waals surface area contributed by atoms with Crippen molar-refractivity contribution in [2.75, 3.05) is 6.54 Å². The molecule has 1 atom stereocenters. The number of carbonyl (C=O) groups is 1. The molecule has 1 aliphatic carbocycles. The number of amides is 1. The molecule has 2 fully saturated rings. The zero-order valence-electron chi connectivity index (χ0n) is 14.3. The van der Waals surface area contributed by atoms with Crippen molar-refractivity contribution in [1.82, 2.24) is 20.2 Å². The molecule has 2 heterocycles. The first-order valence-electron chi connectivity index (χ1n) is 8.97. The summed E-state index contributed by atoms with van der Waals surface area (Å²) < 4.78 is 0. The highest BCUT2D eigenvalue weighted by molar-refractivity contribution is 5.72. The first-order valence-corrected chi connectivity index (χ1v) is 8.97. The minimum atomic E-state index is -0.00733. The second-order valence-electron chi connectivity index (χ2n) is 6.93. The summed E-state index contributed by atoms with van der Waals surface area (Å²) in [5.74, 6) is 0.814. The molecule has 0 bridgehead atoms. The number of nitrogens with zero attached hydrogens (tertiary/aromatic N) is 3. The smallest absolute Gasteiger partial charge is 0.217 e. The molecule has 0 spiro atoms. The normalized spacial score (nSPS) is 23.1. The van der Waals surface area contributed by atoms with Crippen LogP contribution in [-0.4, -0.2) is 33.4 Å². The second-order valence-corrected chi connectivity index (χ2v) is 6.93. The van der Waals surface area contributed by atoms with Crippen LogP contribution in [0.3, 0.4) is 0 Å². The Bertz CT molecular complexity index is 554. The predicted octanol–water partition coefficient (Wildman–Crippen LogP) is 2.89. The molecule has 1 saturated carbocycles. The van der Waals surface area contributed by atoms with E-state index in [2.05, 4.69) is 15.2 Å². The van der Waals surface area contributed by atoms with E-state index < -0.39 is 0 Å². The molecule has 1 saturated heterocycles. The standard InChI is InChI=1S/C18H28N4O/c1-13-19-11-15(12-20-14(2)23)18(21-13)17-9-6-10-22(17)16-7-4-3-5-8-16/h11,16-17H,3-10,12H2,1-2H3,(H,20,23)/t17-/m1/s1. The quantitative estimate of drug-likeness (QED) is 0.928. The van der Waals surface area contributed by atoms with Crippen molar-refractivity contribution in [3.63, 3.8) is 0 Å². The SMILES string of the molecule is CC(=O)NCc1cnc(C)nc1[C@H]1CCCN1C1CCCCC1. The molecule has 0 unspecified atom stereocenters. The first-order chi connectivity index (χ1) is 11.1. The highest BCUT2D eigenvalue weighted by atomic mass is 16.1. The molecule has 1 amide bonds. The van der Waals surface area contributed by atoms with Gasteiger partial charge in [-0.05, 0) is 39.2 Å². The lowest BCUT2D eigenvalue weighted by molar-refractivity contribution is -0.119. The third-order valence-corrected chi connectivity index (χ3v) is 5.20. The number of hydrogen-bond acceptors (Lipinski definition) is 4. The fraction of sp³-hybridized carbons (Fsp3) is 0.722. The summed E-state index contributed by atoms with van der Waals surface area (Å²) in [6.07, 6.45) is 11.0. The van der Waals surface area contributed by atoms with Crippen LogP contribution in [0.1, 0.15) is 75.0 Å². The minimum Gasteiger partial charge on any atom is -0.352 e. The number of nitrogens with one attached hydrogen (secondary N) is 1. The first kappa shape index (κ1) is 16.4. The fourth-order valence-corrected chi connectivity index (χ4v) is 4.09. The highest BCUT2D eigenvalue weighted by Gasteiger charge is 2.34. The molecular weight excluding hydrogens is 288 g/mol. The lowest BCUT2D eigenvalue weighted by Crippen LogP contribution is -2.37. The Balaban J connectivity index is 1.83. The molecule has 1 aliphatic heterocycles. The molecule has 3 rings (SSSR count). The molecule has 1 aromatic rings. The van der Waals surface area contributed by atoms with Crippen LogP contribution in [0.4, 0.5) is 0 Å². The lowest BCUT2D eigenvalue weighted by Gasteiger charge is -2.36. The van der Waals surface area contributed by atoms with Crippen molar-refractivity contribution in [2.24, 2.45) is 0 Å². The molecular formula is C18H28N4O. The van der Waals surface area contributed by atoms with Crippen LogP contribution in [0.2, 0.25) is 0 Å². The number of likely N-dealkylation sites (tertiary alicyclic amines) is 1. The van der Waals surface area contributed by atoms with Gasteiger partial charge < -0.3 is 5.32 Å². The van der Waals surface area contributed by atoms with E-state index in [0.717, 1.165) is 17.1 Å². The van der Waals surface area contributed by atoms with Crippen LogP contribution in [0.5, 0.6) is 0 Å². The second kappa shape index (κ2) is 7.39. The average Bonchev–Trinajstić information content (AvgIpc) is 3.03. The van der Waals surface area contributed by atoms with Gasteiger partial charge in [0.05, 0.1) is 11.7 Å². The molecule has 1 aromatic heterocycles.